The minimum atomic E-state index is -3.39. The summed E-state index contributed by atoms with van der Waals surface area (Å²) in [4.78, 5) is 23.8. The van der Waals surface area contributed by atoms with E-state index in [1.807, 2.05) is 0 Å². The number of rotatable bonds is 5. The Morgan fingerprint density at radius 3 is 2.32 bits per heavy atom. The van der Waals surface area contributed by atoms with Crippen LogP contribution in [0.2, 0.25) is 0 Å². The van der Waals surface area contributed by atoms with Crippen molar-refractivity contribution < 1.29 is 27.9 Å². The lowest BCUT2D eigenvalue weighted by Gasteiger charge is -2.32. The lowest BCUT2D eigenvalue weighted by atomic mass is 10.1. The first kappa shape index (κ1) is 15.9. The van der Waals surface area contributed by atoms with Crippen LogP contribution in [0.4, 0.5) is 0 Å². The number of ether oxygens (including phenoxy) is 1. The van der Waals surface area contributed by atoms with Crippen molar-refractivity contribution in [2.45, 2.75) is 31.1 Å². The molecule has 1 aliphatic rings. The van der Waals surface area contributed by atoms with E-state index in [1.165, 1.54) is 11.8 Å². The maximum Gasteiger partial charge on any atom is 0.329 e. The van der Waals surface area contributed by atoms with E-state index in [-0.39, 0.29) is 12.7 Å². The molecular formula is C11H19NO6S. The van der Waals surface area contributed by atoms with Crippen molar-refractivity contribution >= 4 is 21.7 Å². The quantitative estimate of drug-likeness (QED) is 0.734. The summed E-state index contributed by atoms with van der Waals surface area (Å²) in [5.41, 5.74) is 0. The first-order chi connectivity index (χ1) is 8.71. The van der Waals surface area contributed by atoms with Crippen LogP contribution in [-0.4, -0.2) is 67.6 Å². The van der Waals surface area contributed by atoms with Gasteiger partial charge in [-0.3, -0.25) is 4.79 Å². The van der Waals surface area contributed by atoms with Crippen molar-refractivity contribution in [1.29, 1.82) is 0 Å². The first-order valence-electron chi connectivity index (χ1n) is 6.03. The Balaban J connectivity index is 2.45. The average Bonchev–Trinajstić information content (AvgIpc) is 2.34. The molecule has 1 heterocycles. The minimum Gasteiger partial charge on any atom is -0.480 e. The van der Waals surface area contributed by atoms with E-state index < -0.39 is 27.0 Å². The Labute approximate surface area is 112 Å². The number of piperidine rings is 1. The number of carbonyl (C=O) groups excluding carboxylic acids is 1. The molecule has 1 saturated heterocycles. The number of likely N-dealkylation sites (tertiary alicyclic amines) is 1. The second-order valence-electron chi connectivity index (χ2n) is 4.70. The first-order valence-corrected chi connectivity index (χ1v) is 7.98. The third-order valence-electron chi connectivity index (χ3n) is 3.19. The molecule has 0 aromatic carbocycles. The number of carboxylic acid groups (broad SMARTS) is 1. The molecule has 1 fully saturated rings. The maximum atomic E-state index is 11.9. The highest BCUT2D eigenvalue weighted by atomic mass is 32.2. The topological polar surface area (TPSA) is 101 Å². The molecule has 0 aromatic heterocycles. The summed E-state index contributed by atoms with van der Waals surface area (Å²) in [6, 6.07) is 0. The molecule has 0 spiro atoms. The zero-order chi connectivity index (χ0) is 14.6. The van der Waals surface area contributed by atoms with Crippen molar-refractivity contribution in [2.24, 2.45) is 0 Å². The van der Waals surface area contributed by atoms with Crippen LogP contribution in [0.5, 0.6) is 0 Å². The van der Waals surface area contributed by atoms with Crippen LogP contribution in [0.3, 0.4) is 0 Å². The zero-order valence-electron chi connectivity index (χ0n) is 11.0. The van der Waals surface area contributed by atoms with E-state index in [0.29, 0.717) is 25.9 Å². The molecule has 8 heteroatoms. The smallest absolute Gasteiger partial charge is 0.329 e. The van der Waals surface area contributed by atoms with Gasteiger partial charge in [0.25, 0.3) is 0 Å². The Kier molecular flexibility index (Phi) is 5.30. The van der Waals surface area contributed by atoms with Crippen LogP contribution < -0.4 is 0 Å². The summed E-state index contributed by atoms with van der Waals surface area (Å²) in [5, 5.41) is 7.45. The zero-order valence-corrected chi connectivity index (χ0v) is 11.9. The molecule has 1 amide bonds. The van der Waals surface area contributed by atoms with Gasteiger partial charge in [0.15, 0.2) is 9.84 Å². The normalized spacial score (nSPS) is 19.2. The van der Waals surface area contributed by atoms with E-state index >= 15 is 0 Å². The maximum absolute atomic E-state index is 11.9. The summed E-state index contributed by atoms with van der Waals surface area (Å²) in [6.45, 7) is 1.81. The monoisotopic (exact) mass is 293 g/mol. The number of carbonyl (C=O) groups is 2. The highest BCUT2D eigenvalue weighted by Crippen LogP contribution is 2.16. The number of amides is 1. The molecule has 1 unspecified atom stereocenters. The number of carboxylic acids is 1. The van der Waals surface area contributed by atoms with E-state index in [2.05, 4.69) is 0 Å². The lowest BCUT2D eigenvalue weighted by molar-refractivity contribution is -0.146. The van der Waals surface area contributed by atoms with E-state index in [1.54, 1.807) is 0 Å². The van der Waals surface area contributed by atoms with Gasteiger partial charge in [-0.2, -0.15) is 0 Å². The van der Waals surface area contributed by atoms with E-state index in [0.717, 1.165) is 6.26 Å². The predicted molar refractivity (Wildman–Crippen MR) is 67.5 cm³/mol. The number of hydrogen-bond acceptors (Lipinski definition) is 5. The van der Waals surface area contributed by atoms with Crippen LogP contribution in [0, 0.1) is 0 Å². The molecule has 1 rings (SSSR count). The number of nitrogens with zero attached hydrogens (tertiary/aromatic N) is 1. The van der Waals surface area contributed by atoms with E-state index in [4.69, 9.17) is 9.84 Å². The molecule has 1 atom stereocenters. The second kappa shape index (κ2) is 6.33. The van der Waals surface area contributed by atoms with Crippen LogP contribution in [0.25, 0.3) is 0 Å². The van der Waals surface area contributed by atoms with Crippen molar-refractivity contribution in [3.63, 3.8) is 0 Å². The third kappa shape index (κ3) is 4.79. The Hall–Kier alpha value is -1.15. The van der Waals surface area contributed by atoms with Gasteiger partial charge in [0.05, 0.1) is 6.10 Å². The highest BCUT2D eigenvalue weighted by molar-refractivity contribution is 7.92. The third-order valence-corrected chi connectivity index (χ3v) is 4.67. The summed E-state index contributed by atoms with van der Waals surface area (Å²) in [7, 11) is -3.39. The lowest BCUT2D eigenvalue weighted by Crippen LogP contribution is -2.46. The Bertz CT molecular complexity index is 438. The van der Waals surface area contributed by atoms with Crippen molar-refractivity contribution in [1.82, 2.24) is 4.90 Å². The molecule has 1 N–H and O–H groups in total. The largest absolute Gasteiger partial charge is 0.480 e. The van der Waals surface area contributed by atoms with Gasteiger partial charge in [0.2, 0.25) is 5.91 Å². The number of hydrogen-bond donors (Lipinski definition) is 1. The molecule has 19 heavy (non-hydrogen) atoms. The number of sulfone groups is 1. The molecule has 0 radical (unpaired) electrons. The molecule has 1 aliphatic heterocycles. The molecule has 110 valence electrons. The molecule has 0 bridgehead atoms. The predicted octanol–water partition coefficient (Wildman–Crippen LogP) is -0.488. The highest BCUT2D eigenvalue weighted by Gasteiger charge is 2.31. The van der Waals surface area contributed by atoms with Gasteiger partial charge in [0, 0.05) is 19.3 Å². The molecule has 0 aliphatic carbocycles. The van der Waals surface area contributed by atoms with Crippen molar-refractivity contribution in [3.05, 3.63) is 0 Å². The van der Waals surface area contributed by atoms with Gasteiger partial charge >= 0.3 is 5.97 Å². The van der Waals surface area contributed by atoms with Gasteiger partial charge in [-0.1, -0.05) is 0 Å². The van der Waals surface area contributed by atoms with Gasteiger partial charge in [-0.15, -0.1) is 0 Å². The van der Waals surface area contributed by atoms with Crippen LogP contribution >= 0.6 is 0 Å². The van der Waals surface area contributed by atoms with Crippen molar-refractivity contribution in [2.75, 3.05) is 26.0 Å². The van der Waals surface area contributed by atoms with Crippen molar-refractivity contribution in [3.8, 4) is 0 Å². The number of aliphatic carboxylic acids is 1. The Morgan fingerprint density at radius 2 is 1.89 bits per heavy atom. The summed E-state index contributed by atoms with van der Waals surface area (Å²) in [5.74, 6) is -1.43. The second-order valence-corrected chi connectivity index (χ2v) is 7.07. The van der Waals surface area contributed by atoms with Gasteiger partial charge < -0.3 is 14.7 Å². The van der Waals surface area contributed by atoms with Crippen LogP contribution in [0.1, 0.15) is 19.8 Å². The summed E-state index contributed by atoms with van der Waals surface area (Å²) < 4.78 is 27.8. The van der Waals surface area contributed by atoms with Gasteiger partial charge in [-0.25, -0.2) is 13.2 Å². The molecule has 0 aromatic rings. The van der Waals surface area contributed by atoms with E-state index in [9.17, 15) is 18.0 Å². The Morgan fingerprint density at radius 1 is 1.37 bits per heavy atom. The molecule has 7 nitrogen and oxygen atoms in total. The van der Waals surface area contributed by atoms with Crippen LogP contribution in [0.15, 0.2) is 0 Å². The SMILES string of the molecule is CC(C(=O)N1CCC(OCC(=O)O)CC1)S(C)(=O)=O. The molecular weight excluding hydrogens is 274 g/mol. The summed E-state index contributed by atoms with van der Waals surface area (Å²) in [6.07, 6.45) is 1.90. The fraction of sp³-hybridized carbons (Fsp3) is 0.818. The van der Waals surface area contributed by atoms with Gasteiger partial charge in [0.1, 0.15) is 11.9 Å². The fourth-order valence-electron chi connectivity index (χ4n) is 1.87. The minimum absolute atomic E-state index is 0.186. The van der Waals surface area contributed by atoms with Crippen LogP contribution in [-0.2, 0) is 24.2 Å². The average molecular weight is 293 g/mol. The van der Waals surface area contributed by atoms with Gasteiger partial charge in [-0.05, 0) is 19.8 Å². The standard InChI is InChI=1S/C11H19NO6S/c1-8(19(2,16)17)11(15)12-5-3-9(4-6-12)18-7-10(13)14/h8-9H,3-7H2,1-2H3,(H,13,14). The summed E-state index contributed by atoms with van der Waals surface area (Å²) >= 11 is 0. The fourth-order valence-corrected chi connectivity index (χ4v) is 2.39. The molecule has 0 saturated carbocycles.